The number of carbonyl (C=O) groups excluding carboxylic acids is 2. The van der Waals surface area contributed by atoms with Crippen molar-refractivity contribution >= 4 is 23.6 Å². The van der Waals surface area contributed by atoms with Gasteiger partial charge in [-0.2, -0.15) is 0 Å². The maximum absolute atomic E-state index is 12.5. The maximum Gasteiger partial charge on any atom is 0.337 e. The second-order valence-corrected chi connectivity index (χ2v) is 7.05. The molecule has 0 radical (unpaired) electrons. The van der Waals surface area contributed by atoms with Gasteiger partial charge in [0.15, 0.2) is 0 Å². The third-order valence-electron chi connectivity index (χ3n) is 4.35. The lowest BCUT2D eigenvalue weighted by Crippen LogP contribution is -2.23. The van der Waals surface area contributed by atoms with E-state index in [0.29, 0.717) is 22.9 Å². The molecule has 27 heavy (non-hydrogen) atoms. The van der Waals surface area contributed by atoms with Crippen LogP contribution in [-0.4, -0.2) is 26.0 Å². The summed E-state index contributed by atoms with van der Waals surface area (Å²) in [5, 5.41) is 0. The summed E-state index contributed by atoms with van der Waals surface area (Å²) >= 11 is 0. The summed E-state index contributed by atoms with van der Waals surface area (Å²) in [7, 11) is 3.02. The van der Waals surface area contributed by atoms with Crippen molar-refractivity contribution < 1.29 is 18.7 Å². The van der Waals surface area contributed by atoms with E-state index in [1.165, 1.54) is 23.6 Å². The first-order chi connectivity index (χ1) is 12.7. The number of likely N-dealkylation sites (N-methyl/N-ethyl adjacent to an activating group) is 1. The highest BCUT2D eigenvalue weighted by atomic mass is 16.5. The van der Waals surface area contributed by atoms with Crippen LogP contribution in [0.4, 0.5) is 5.69 Å². The molecule has 0 saturated carbocycles. The van der Waals surface area contributed by atoms with Crippen LogP contribution in [0.5, 0.6) is 0 Å². The molecule has 0 atom stereocenters. The fraction of sp³-hybridized carbons (Fsp3) is 0.364. The van der Waals surface area contributed by atoms with E-state index < -0.39 is 5.97 Å². The third kappa shape index (κ3) is 4.88. The molecule has 0 fully saturated rings. The second-order valence-electron chi connectivity index (χ2n) is 7.05. The lowest BCUT2D eigenvalue weighted by Gasteiger charge is -2.15. The molecule has 0 N–H and O–H groups in total. The van der Waals surface area contributed by atoms with Crippen LogP contribution < -0.4 is 4.90 Å². The number of amides is 1. The van der Waals surface area contributed by atoms with Gasteiger partial charge in [-0.15, -0.1) is 0 Å². The topological polar surface area (TPSA) is 59.8 Å². The summed E-state index contributed by atoms with van der Waals surface area (Å²) in [6, 6.07) is 8.67. The molecule has 0 aliphatic heterocycles. The lowest BCUT2D eigenvalue weighted by atomic mass is 9.98. The summed E-state index contributed by atoms with van der Waals surface area (Å²) in [6.07, 6.45) is 3.18. The fourth-order valence-corrected chi connectivity index (χ4v) is 2.76. The van der Waals surface area contributed by atoms with Crippen molar-refractivity contribution in [1.29, 1.82) is 0 Å². The zero-order valence-corrected chi connectivity index (χ0v) is 16.8. The standard InChI is InChI=1S/C22H27NO4/c1-14(2)19-13-18(27-21(19)15(3)4)11-12-20(24)23(5)17-9-7-16(8-10-17)22(25)26-6/h7-15H,1-6H3. The van der Waals surface area contributed by atoms with E-state index in [0.717, 1.165) is 5.76 Å². The molecule has 5 heteroatoms. The minimum absolute atomic E-state index is 0.186. The Morgan fingerprint density at radius 3 is 2.19 bits per heavy atom. The van der Waals surface area contributed by atoms with Gasteiger partial charge in [-0.05, 0) is 47.9 Å². The van der Waals surface area contributed by atoms with Crippen molar-refractivity contribution in [2.75, 3.05) is 19.1 Å². The van der Waals surface area contributed by atoms with E-state index in [4.69, 9.17) is 4.42 Å². The monoisotopic (exact) mass is 369 g/mol. The van der Waals surface area contributed by atoms with Crippen LogP contribution in [0.3, 0.4) is 0 Å². The predicted molar refractivity (Wildman–Crippen MR) is 107 cm³/mol. The van der Waals surface area contributed by atoms with Gasteiger partial charge in [-0.25, -0.2) is 4.79 Å². The number of hydrogen-bond donors (Lipinski definition) is 0. The number of ether oxygens (including phenoxy) is 1. The van der Waals surface area contributed by atoms with Gasteiger partial charge in [-0.1, -0.05) is 27.7 Å². The van der Waals surface area contributed by atoms with Crippen molar-refractivity contribution in [2.24, 2.45) is 0 Å². The Balaban J connectivity index is 2.14. The third-order valence-corrected chi connectivity index (χ3v) is 4.35. The van der Waals surface area contributed by atoms with Crippen LogP contribution in [-0.2, 0) is 9.53 Å². The van der Waals surface area contributed by atoms with Crippen molar-refractivity contribution in [2.45, 2.75) is 39.5 Å². The molecule has 1 heterocycles. The van der Waals surface area contributed by atoms with Gasteiger partial charge >= 0.3 is 5.97 Å². The van der Waals surface area contributed by atoms with Gasteiger partial charge in [0.1, 0.15) is 11.5 Å². The number of rotatable bonds is 6. The Bertz CT molecular complexity index is 803. The van der Waals surface area contributed by atoms with E-state index >= 15 is 0 Å². The Kier molecular flexibility index (Phi) is 6.61. The van der Waals surface area contributed by atoms with Crippen molar-refractivity contribution in [3.8, 4) is 0 Å². The molecule has 5 nitrogen and oxygen atoms in total. The van der Waals surface area contributed by atoms with Crippen molar-refractivity contribution in [3.05, 3.63) is 59.1 Å². The molecular formula is C22H27NO4. The molecule has 1 aromatic heterocycles. The molecular weight excluding hydrogens is 342 g/mol. The largest absolute Gasteiger partial charge is 0.465 e. The number of hydrogen-bond acceptors (Lipinski definition) is 4. The molecule has 0 unspecified atom stereocenters. The highest BCUT2D eigenvalue weighted by molar-refractivity contribution is 6.03. The summed E-state index contributed by atoms with van der Waals surface area (Å²) in [5.74, 6) is 1.69. The SMILES string of the molecule is COC(=O)c1ccc(N(C)C(=O)C=Cc2cc(C(C)C)c(C(C)C)o2)cc1. The van der Waals surface area contributed by atoms with Gasteiger partial charge in [0, 0.05) is 24.7 Å². The molecule has 2 rings (SSSR count). The first-order valence-corrected chi connectivity index (χ1v) is 9.02. The molecule has 1 amide bonds. The highest BCUT2D eigenvalue weighted by Gasteiger charge is 2.16. The Morgan fingerprint density at radius 1 is 1.07 bits per heavy atom. The first kappa shape index (κ1) is 20.5. The molecule has 0 saturated heterocycles. The number of furan rings is 1. The number of anilines is 1. The van der Waals surface area contributed by atoms with Crippen molar-refractivity contribution in [3.63, 3.8) is 0 Å². The zero-order valence-electron chi connectivity index (χ0n) is 16.8. The van der Waals surface area contributed by atoms with Gasteiger partial charge in [0.25, 0.3) is 5.91 Å². The van der Waals surface area contributed by atoms with Crippen LogP contribution in [0.25, 0.3) is 6.08 Å². The number of carbonyl (C=O) groups is 2. The van der Waals surface area contributed by atoms with E-state index in [1.54, 1.807) is 37.4 Å². The normalized spacial score (nSPS) is 11.4. The molecule has 144 valence electrons. The Morgan fingerprint density at radius 2 is 1.70 bits per heavy atom. The van der Waals surface area contributed by atoms with Gasteiger partial charge in [0.05, 0.1) is 12.7 Å². The van der Waals surface area contributed by atoms with Crippen LogP contribution in [0, 0.1) is 0 Å². The van der Waals surface area contributed by atoms with E-state index in [1.807, 2.05) is 6.07 Å². The summed E-state index contributed by atoms with van der Waals surface area (Å²) in [4.78, 5) is 25.5. The second kappa shape index (κ2) is 8.71. The first-order valence-electron chi connectivity index (χ1n) is 9.02. The Labute approximate surface area is 160 Å². The van der Waals surface area contributed by atoms with Crippen molar-refractivity contribution in [1.82, 2.24) is 0 Å². The van der Waals surface area contributed by atoms with E-state index in [2.05, 4.69) is 32.4 Å². The Hall–Kier alpha value is -2.82. The molecule has 0 spiro atoms. The zero-order chi connectivity index (χ0) is 20.1. The smallest absolute Gasteiger partial charge is 0.337 e. The van der Waals surface area contributed by atoms with Crippen LogP contribution in [0.2, 0.25) is 0 Å². The molecule has 1 aromatic carbocycles. The quantitative estimate of drug-likeness (QED) is 0.532. The number of nitrogens with zero attached hydrogens (tertiary/aromatic N) is 1. The molecule has 0 bridgehead atoms. The average molecular weight is 369 g/mol. The van der Waals surface area contributed by atoms with E-state index in [9.17, 15) is 9.59 Å². The highest BCUT2D eigenvalue weighted by Crippen LogP contribution is 2.30. The van der Waals surface area contributed by atoms with Crippen LogP contribution >= 0.6 is 0 Å². The molecule has 0 aliphatic rings. The van der Waals surface area contributed by atoms with Gasteiger partial charge in [-0.3, -0.25) is 4.79 Å². The average Bonchev–Trinajstić information content (AvgIpc) is 3.10. The summed E-state index contributed by atoms with van der Waals surface area (Å²) in [5.41, 5.74) is 2.29. The summed E-state index contributed by atoms with van der Waals surface area (Å²) < 4.78 is 10.6. The van der Waals surface area contributed by atoms with E-state index in [-0.39, 0.29) is 11.8 Å². The minimum Gasteiger partial charge on any atom is -0.465 e. The number of methoxy groups -OCH3 is 1. The fourth-order valence-electron chi connectivity index (χ4n) is 2.76. The molecule has 2 aromatic rings. The number of benzene rings is 1. The maximum atomic E-state index is 12.5. The number of esters is 1. The van der Waals surface area contributed by atoms with Gasteiger partial charge in [0.2, 0.25) is 0 Å². The predicted octanol–water partition coefficient (Wildman–Crippen LogP) is 4.99. The van der Waals surface area contributed by atoms with Gasteiger partial charge < -0.3 is 14.1 Å². The minimum atomic E-state index is -0.407. The van der Waals surface area contributed by atoms with Crippen LogP contribution in [0.1, 0.15) is 67.0 Å². The summed E-state index contributed by atoms with van der Waals surface area (Å²) in [6.45, 7) is 8.44. The van der Waals surface area contributed by atoms with Crippen LogP contribution in [0.15, 0.2) is 40.8 Å². The lowest BCUT2D eigenvalue weighted by molar-refractivity contribution is -0.113. The molecule has 0 aliphatic carbocycles.